The highest BCUT2D eigenvalue weighted by Crippen LogP contribution is 2.35. The molecule has 3 aromatic rings. The molecule has 0 aliphatic heterocycles. The molecule has 1 atom stereocenters. The van der Waals surface area contributed by atoms with Crippen molar-refractivity contribution in [2.24, 2.45) is 0 Å². The lowest BCUT2D eigenvalue weighted by Crippen LogP contribution is -2.19. The molecule has 1 aromatic heterocycles. The van der Waals surface area contributed by atoms with E-state index in [0.29, 0.717) is 6.04 Å². The highest BCUT2D eigenvalue weighted by molar-refractivity contribution is 7.16. The SMILES string of the molecule is Clc1ccc2c(c1)CC(Nc1c(Cl)ccc3scnc13)C2. The molecule has 0 amide bonds. The fraction of sp³-hybridized carbons (Fsp3) is 0.188. The van der Waals surface area contributed by atoms with Gasteiger partial charge in [0, 0.05) is 11.1 Å². The van der Waals surface area contributed by atoms with Gasteiger partial charge in [0.05, 0.1) is 20.9 Å². The highest BCUT2D eigenvalue weighted by atomic mass is 35.5. The number of benzene rings is 2. The molecule has 0 bridgehead atoms. The first-order chi connectivity index (χ1) is 10.2. The summed E-state index contributed by atoms with van der Waals surface area (Å²) < 4.78 is 1.15. The van der Waals surface area contributed by atoms with Crippen molar-refractivity contribution in [2.45, 2.75) is 18.9 Å². The molecule has 1 N–H and O–H groups in total. The van der Waals surface area contributed by atoms with Crippen molar-refractivity contribution >= 4 is 50.4 Å². The molecule has 1 aliphatic carbocycles. The van der Waals surface area contributed by atoms with E-state index in [9.17, 15) is 0 Å². The summed E-state index contributed by atoms with van der Waals surface area (Å²) in [6.45, 7) is 0. The molecule has 1 unspecified atom stereocenters. The van der Waals surface area contributed by atoms with Gasteiger partial charge in [0.15, 0.2) is 0 Å². The van der Waals surface area contributed by atoms with Gasteiger partial charge in [0.2, 0.25) is 0 Å². The van der Waals surface area contributed by atoms with Gasteiger partial charge in [-0.05, 0) is 48.2 Å². The average Bonchev–Trinajstić information content (AvgIpc) is 3.07. The van der Waals surface area contributed by atoms with Crippen LogP contribution in [0, 0.1) is 0 Å². The third kappa shape index (κ3) is 2.39. The lowest BCUT2D eigenvalue weighted by atomic mass is 10.1. The Balaban J connectivity index is 1.65. The van der Waals surface area contributed by atoms with Crippen LogP contribution in [-0.2, 0) is 12.8 Å². The van der Waals surface area contributed by atoms with Gasteiger partial charge in [-0.2, -0.15) is 0 Å². The quantitative estimate of drug-likeness (QED) is 0.698. The van der Waals surface area contributed by atoms with E-state index in [4.69, 9.17) is 23.2 Å². The minimum atomic E-state index is 0.336. The zero-order chi connectivity index (χ0) is 14.4. The Morgan fingerprint density at radius 1 is 1.10 bits per heavy atom. The second kappa shape index (κ2) is 5.16. The third-order valence-corrected chi connectivity index (χ3v) is 5.25. The zero-order valence-electron chi connectivity index (χ0n) is 11.1. The molecule has 21 heavy (non-hydrogen) atoms. The predicted octanol–water partition coefficient (Wildman–Crippen LogP) is 5.18. The van der Waals surface area contributed by atoms with Crippen molar-refractivity contribution in [1.82, 2.24) is 4.98 Å². The summed E-state index contributed by atoms with van der Waals surface area (Å²) in [4.78, 5) is 4.44. The summed E-state index contributed by atoms with van der Waals surface area (Å²) in [5.41, 5.74) is 6.44. The summed E-state index contributed by atoms with van der Waals surface area (Å²) in [5, 5.41) is 5.10. The largest absolute Gasteiger partial charge is 0.379 e. The molecule has 1 aliphatic rings. The van der Waals surface area contributed by atoms with Gasteiger partial charge in [-0.25, -0.2) is 4.98 Å². The van der Waals surface area contributed by atoms with Crippen LogP contribution in [0.15, 0.2) is 35.8 Å². The van der Waals surface area contributed by atoms with Gasteiger partial charge >= 0.3 is 0 Å². The summed E-state index contributed by atoms with van der Waals surface area (Å²) in [5.74, 6) is 0. The van der Waals surface area contributed by atoms with Crippen molar-refractivity contribution in [2.75, 3.05) is 5.32 Å². The fourth-order valence-corrected chi connectivity index (χ4v) is 4.02. The Labute approximate surface area is 136 Å². The highest BCUT2D eigenvalue weighted by Gasteiger charge is 2.23. The molecule has 106 valence electrons. The van der Waals surface area contributed by atoms with Crippen LogP contribution in [0.2, 0.25) is 10.0 Å². The number of rotatable bonds is 2. The normalized spacial score (nSPS) is 17.1. The monoisotopic (exact) mass is 334 g/mol. The molecule has 1 heterocycles. The van der Waals surface area contributed by atoms with Crippen LogP contribution in [-0.4, -0.2) is 11.0 Å². The smallest absolute Gasteiger partial charge is 0.106 e. The van der Waals surface area contributed by atoms with Crippen molar-refractivity contribution in [3.05, 3.63) is 57.0 Å². The fourth-order valence-electron chi connectivity index (χ4n) is 2.94. The van der Waals surface area contributed by atoms with Crippen LogP contribution in [0.3, 0.4) is 0 Å². The van der Waals surface area contributed by atoms with E-state index < -0.39 is 0 Å². The van der Waals surface area contributed by atoms with E-state index in [0.717, 1.165) is 38.8 Å². The summed E-state index contributed by atoms with van der Waals surface area (Å²) in [6.07, 6.45) is 1.95. The molecule has 0 radical (unpaired) electrons. The standard InChI is InChI=1S/C16H12Cl2N2S/c17-11-2-1-9-6-12(7-10(9)5-11)20-15-13(18)3-4-14-16(15)19-8-21-14/h1-5,8,12,20H,6-7H2. The van der Waals surface area contributed by atoms with Gasteiger partial charge in [0.1, 0.15) is 5.52 Å². The average molecular weight is 335 g/mol. The van der Waals surface area contributed by atoms with E-state index in [2.05, 4.69) is 22.4 Å². The maximum Gasteiger partial charge on any atom is 0.106 e. The second-order valence-corrected chi connectivity index (χ2v) is 7.01. The third-order valence-electron chi connectivity index (χ3n) is 3.90. The van der Waals surface area contributed by atoms with Gasteiger partial charge in [-0.1, -0.05) is 29.3 Å². The summed E-state index contributed by atoms with van der Waals surface area (Å²) >= 11 is 14.1. The molecule has 0 saturated heterocycles. The van der Waals surface area contributed by atoms with Crippen LogP contribution >= 0.6 is 34.5 Å². The molecular formula is C16H12Cl2N2S. The first-order valence-corrected chi connectivity index (χ1v) is 8.40. The van der Waals surface area contributed by atoms with Crippen LogP contribution in [0.1, 0.15) is 11.1 Å². The number of fused-ring (bicyclic) bond motifs is 2. The number of nitrogens with zero attached hydrogens (tertiary/aromatic N) is 1. The van der Waals surface area contributed by atoms with Crippen LogP contribution in [0.4, 0.5) is 5.69 Å². The Morgan fingerprint density at radius 2 is 1.95 bits per heavy atom. The van der Waals surface area contributed by atoms with Gasteiger partial charge in [-0.3, -0.25) is 0 Å². The molecular weight excluding hydrogens is 323 g/mol. The number of anilines is 1. The molecule has 0 spiro atoms. The van der Waals surface area contributed by atoms with Crippen molar-refractivity contribution in [3.63, 3.8) is 0 Å². The molecule has 0 saturated carbocycles. The minimum absolute atomic E-state index is 0.336. The van der Waals surface area contributed by atoms with E-state index >= 15 is 0 Å². The number of thiazole rings is 1. The van der Waals surface area contributed by atoms with Gasteiger partial charge < -0.3 is 5.32 Å². The van der Waals surface area contributed by atoms with Crippen LogP contribution in [0.25, 0.3) is 10.2 Å². The van der Waals surface area contributed by atoms with E-state index in [1.807, 2.05) is 23.7 Å². The number of hydrogen-bond acceptors (Lipinski definition) is 3. The summed E-state index contributed by atoms with van der Waals surface area (Å²) in [7, 11) is 0. The van der Waals surface area contributed by atoms with E-state index in [1.54, 1.807) is 11.3 Å². The Hall–Kier alpha value is -1.29. The van der Waals surface area contributed by atoms with Crippen LogP contribution < -0.4 is 5.32 Å². The number of nitrogens with one attached hydrogen (secondary N) is 1. The first-order valence-electron chi connectivity index (χ1n) is 6.76. The Morgan fingerprint density at radius 3 is 2.86 bits per heavy atom. The Bertz CT molecular complexity index is 828. The van der Waals surface area contributed by atoms with Crippen molar-refractivity contribution < 1.29 is 0 Å². The maximum absolute atomic E-state index is 6.36. The molecule has 2 nitrogen and oxygen atoms in total. The number of halogens is 2. The lowest BCUT2D eigenvalue weighted by molar-refractivity contribution is 0.775. The second-order valence-electron chi connectivity index (χ2n) is 5.28. The molecule has 5 heteroatoms. The van der Waals surface area contributed by atoms with E-state index in [-0.39, 0.29) is 0 Å². The van der Waals surface area contributed by atoms with Crippen LogP contribution in [0.5, 0.6) is 0 Å². The summed E-state index contributed by atoms with van der Waals surface area (Å²) in [6, 6.07) is 10.4. The minimum Gasteiger partial charge on any atom is -0.379 e. The van der Waals surface area contributed by atoms with Crippen molar-refractivity contribution in [1.29, 1.82) is 0 Å². The number of aromatic nitrogens is 1. The molecule has 0 fully saturated rings. The Kier molecular flexibility index (Phi) is 3.29. The zero-order valence-corrected chi connectivity index (χ0v) is 13.4. The topological polar surface area (TPSA) is 24.9 Å². The predicted molar refractivity (Wildman–Crippen MR) is 90.9 cm³/mol. The van der Waals surface area contributed by atoms with Gasteiger partial charge in [-0.15, -0.1) is 11.3 Å². The number of hydrogen-bond donors (Lipinski definition) is 1. The lowest BCUT2D eigenvalue weighted by Gasteiger charge is -2.15. The van der Waals surface area contributed by atoms with Crippen molar-refractivity contribution in [3.8, 4) is 0 Å². The van der Waals surface area contributed by atoms with E-state index in [1.165, 1.54) is 11.1 Å². The molecule has 2 aromatic carbocycles. The maximum atomic E-state index is 6.36. The first kappa shape index (κ1) is 13.4. The molecule has 4 rings (SSSR count). The van der Waals surface area contributed by atoms with Gasteiger partial charge in [0.25, 0.3) is 0 Å².